The van der Waals surface area contributed by atoms with Gasteiger partial charge in [0, 0.05) is 44.6 Å². The number of guanidine groups is 1. The topological polar surface area (TPSA) is 57.5 Å². The number of aromatic nitrogens is 2. The molecule has 0 bridgehead atoms. The number of piperidine rings is 1. The van der Waals surface area contributed by atoms with E-state index in [-0.39, 0.29) is 24.0 Å². The highest BCUT2D eigenvalue weighted by molar-refractivity contribution is 14.0. The number of nitrogens with one attached hydrogen (secondary N) is 2. The molecule has 1 aliphatic heterocycles. The van der Waals surface area contributed by atoms with E-state index in [4.69, 9.17) is 4.99 Å². The van der Waals surface area contributed by atoms with E-state index in [0.29, 0.717) is 18.5 Å². The summed E-state index contributed by atoms with van der Waals surface area (Å²) < 4.78 is 2.21. The van der Waals surface area contributed by atoms with Crippen molar-refractivity contribution in [3.8, 4) is 0 Å². The van der Waals surface area contributed by atoms with Gasteiger partial charge in [-0.25, -0.2) is 9.98 Å². The lowest BCUT2D eigenvalue weighted by Crippen LogP contribution is -2.48. The summed E-state index contributed by atoms with van der Waals surface area (Å²) in [7, 11) is 0. The highest BCUT2D eigenvalue weighted by Gasteiger charge is 2.20. The molecule has 0 aliphatic carbocycles. The molecule has 0 atom stereocenters. The molecule has 2 aromatic heterocycles. The van der Waals surface area contributed by atoms with E-state index in [1.54, 1.807) is 0 Å². The SMILES string of the molecule is CCNC(=NCc1nccn1CC(C)C)NC1CCN(c2cccs2)CC1.I. The normalized spacial score (nSPS) is 15.6. The van der Waals surface area contributed by atoms with Gasteiger partial charge >= 0.3 is 0 Å². The molecule has 0 spiro atoms. The van der Waals surface area contributed by atoms with E-state index in [9.17, 15) is 0 Å². The molecule has 2 N–H and O–H groups in total. The number of nitrogens with zero attached hydrogens (tertiary/aromatic N) is 4. The van der Waals surface area contributed by atoms with Crippen LogP contribution < -0.4 is 15.5 Å². The Kier molecular flexibility index (Phi) is 9.57. The zero-order valence-electron chi connectivity index (χ0n) is 17.1. The number of rotatable bonds is 7. The first-order chi connectivity index (χ1) is 13.2. The van der Waals surface area contributed by atoms with Gasteiger partial charge in [-0.15, -0.1) is 35.3 Å². The second-order valence-corrected chi connectivity index (χ2v) is 8.37. The Labute approximate surface area is 189 Å². The molecule has 0 amide bonds. The molecule has 6 nitrogen and oxygen atoms in total. The van der Waals surface area contributed by atoms with E-state index in [2.05, 4.69) is 63.4 Å². The summed E-state index contributed by atoms with van der Waals surface area (Å²) in [5.41, 5.74) is 0. The summed E-state index contributed by atoms with van der Waals surface area (Å²) >= 11 is 1.82. The molecule has 156 valence electrons. The summed E-state index contributed by atoms with van der Waals surface area (Å²) in [5, 5.41) is 10.5. The fourth-order valence-corrected chi connectivity index (χ4v) is 4.19. The van der Waals surface area contributed by atoms with Crippen molar-refractivity contribution >= 4 is 46.3 Å². The van der Waals surface area contributed by atoms with Gasteiger partial charge < -0.3 is 20.1 Å². The van der Waals surface area contributed by atoms with Crippen LogP contribution in [0.3, 0.4) is 0 Å². The second kappa shape index (κ2) is 11.6. The first-order valence-electron chi connectivity index (χ1n) is 9.99. The Morgan fingerprint density at radius 3 is 2.79 bits per heavy atom. The first kappa shape index (κ1) is 23.0. The number of imidazole rings is 1. The maximum Gasteiger partial charge on any atom is 0.191 e. The molecular formula is C20H33IN6S. The van der Waals surface area contributed by atoms with Crippen LogP contribution >= 0.6 is 35.3 Å². The second-order valence-electron chi connectivity index (χ2n) is 7.44. The van der Waals surface area contributed by atoms with Crippen molar-refractivity contribution in [2.75, 3.05) is 24.5 Å². The highest BCUT2D eigenvalue weighted by atomic mass is 127. The van der Waals surface area contributed by atoms with Gasteiger partial charge in [-0.3, -0.25) is 0 Å². The summed E-state index contributed by atoms with van der Waals surface area (Å²) in [6.45, 7) is 11.2. The molecule has 0 radical (unpaired) electrons. The van der Waals surface area contributed by atoms with Gasteiger partial charge in [-0.2, -0.15) is 0 Å². The van der Waals surface area contributed by atoms with Gasteiger partial charge in [0.15, 0.2) is 5.96 Å². The Balaban J connectivity index is 0.00000280. The van der Waals surface area contributed by atoms with Crippen molar-refractivity contribution < 1.29 is 0 Å². The van der Waals surface area contributed by atoms with Gasteiger partial charge in [0.2, 0.25) is 0 Å². The number of hydrogen-bond acceptors (Lipinski definition) is 4. The van der Waals surface area contributed by atoms with Crippen molar-refractivity contribution in [1.29, 1.82) is 0 Å². The lowest BCUT2D eigenvalue weighted by atomic mass is 10.1. The number of halogens is 1. The van der Waals surface area contributed by atoms with Gasteiger partial charge in [-0.1, -0.05) is 13.8 Å². The summed E-state index contributed by atoms with van der Waals surface area (Å²) in [4.78, 5) is 11.7. The monoisotopic (exact) mass is 516 g/mol. The first-order valence-corrected chi connectivity index (χ1v) is 10.9. The van der Waals surface area contributed by atoms with Gasteiger partial charge in [-0.05, 0) is 43.2 Å². The van der Waals surface area contributed by atoms with Crippen molar-refractivity contribution in [3.63, 3.8) is 0 Å². The largest absolute Gasteiger partial charge is 0.363 e. The Hall–Kier alpha value is -1.29. The molecule has 3 heterocycles. The number of anilines is 1. The predicted molar refractivity (Wildman–Crippen MR) is 130 cm³/mol. The van der Waals surface area contributed by atoms with Crippen molar-refractivity contribution in [2.45, 2.75) is 52.7 Å². The number of thiophene rings is 1. The standard InChI is InChI=1S/C20H32N6S.HI/c1-4-21-20(23-14-18-22-9-12-26(18)15-16(2)3)24-17-7-10-25(11-8-17)19-6-5-13-27-19;/h5-6,9,12-13,16-17H,4,7-8,10-11,14-15H2,1-3H3,(H2,21,23,24);1H. The number of aliphatic imine (C=N–C) groups is 1. The van der Waals surface area contributed by atoms with E-state index in [1.165, 1.54) is 5.00 Å². The minimum Gasteiger partial charge on any atom is -0.363 e. The minimum atomic E-state index is 0. The third-order valence-corrected chi connectivity index (χ3v) is 5.67. The lowest BCUT2D eigenvalue weighted by Gasteiger charge is -2.33. The van der Waals surface area contributed by atoms with Crippen LogP contribution in [0.4, 0.5) is 5.00 Å². The van der Waals surface area contributed by atoms with Crippen LogP contribution in [-0.2, 0) is 13.1 Å². The van der Waals surface area contributed by atoms with E-state index in [1.807, 2.05) is 23.7 Å². The van der Waals surface area contributed by atoms with Crippen molar-refractivity contribution in [2.24, 2.45) is 10.9 Å². The van der Waals surface area contributed by atoms with E-state index in [0.717, 1.165) is 50.8 Å². The quantitative estimate of drug-likeness (QED) is 0.333. The third kappa shape index (κ3) is 6.65. The van der Waals surface area contributed by atoms with Crippen LogP contribution in [0.5, 0.6) is 0 Å². The summed E-state index contributed by atoms with van der Waals surface area (Å²) in [6, 6.07) is 4.81. The average molecular weight is 516 g/mol. The molecule has 2 aromatic rings. The van der Waals surface area contributed by atoms with Crippen molar-refractivity contribution in [3.05, 3.63) is 35.7 Å². The van der Waals surface area contributed by atoms with Crippen molar-refractivity contribution in [1.82, 2.24) is 20.2 Å². The van der Waals surface area contributed by atoms with Crippen LogP contribution in [0.15, 0.2) is 34.9 Å². The molecular weight excluding hydrogens is 483 g/mol. The van der Waals surface area contributed by atoms with E-state index < -0.39 is 0 Å². The molecule has 8 heteroatoms. The molecule has 0 unspecified atom stereocenters. The lowest BCUT2D eigenvalue weighted by molar-refractivity contribution is 0.462. The zero-order chi connectivity index (χ0) is 19.1. The Morgan fingerprint density at radius 2 is 2.14 bits per heavy atom. The predicted octanol–water partition coefficient (Wildman–Crippen LogP) is 3.94. The van der Waals surface area contributed by atoms with Crippen LogP contribution in [-0.4, -0.2) is 41.2 Å². The molecule has 28 heavy (non-hydrogen) atoms. The molecule has 3 rings (SSSR count). The molecule has 1 saturated heterocycles. The van der Waals surface area contributed by atoms with Gasteiger partial charge in [0.25, 0.3) is 0 Å². The Morgan fingerprint density at radius 1 is 1.36 bits per heavy atom. The highest BCUT2D eigenvalue weighted by Crippen LogP contribution is 2.24. The van der Waals surface area contributed by atoms with E-state index >= 15 is 0 Å². The van der Waals surface area contributed by atoms with Crippen LogP contribution in [0.1, 0.15) is 39.4 Å². The zero-order valence-corrected chi connectivity index (χ0v) is 20.2. The van der Waals surface area contributed by atoms with Gasteiger partial charge in [0.05, 0.1) is 5.00 Å². The number of hydrogen-bond donors (Lipinski definition) is 2. The molecule has 1 fully saturated rings. The maximum absolute atomic E-state index is 4.79. The van der Waals surface area contributed by atoms with Crippen LogP contribution in [0.25, 0.3) is 0 Å². The minimum absolute atomic E-state index is 0. The summed E-state index contributed by atoms with van der Waals surface area (Å²) in [6.07, 6.45) is 6.17. The average Bonchev–Trinajstić information content (AvgIpc) is 3.32. The maximum atomic E-state index is 4.79. The fraction of sp³-hybridized carbons (Fsp3) is 0.600. The fourth-order valence-electron chi connectivity index (χ4n) is 3.41. The van der Waals surface area contributed by atoms with Crippen LogP contribution in [0, 0.1) is 5.92 Å². The van der Waals surface area contributed by atoms with Gasteiger partial charge in [0.1, 0.15) is 12.4 Å². The Bertz CT molecular complexity index is 704. The smallest absolute Gasteiger partial charge is 0.191 e. The summed E-state index contributed by atoms with van der Waals surface area (Å²) in [5.74, 6) is 2.52. The molecule has 0 aromatic carbocycles. The third-order valence-electron chi connectivity index (χ3n) is 4.74. The molecule has 0 saturated carbocycles. The van der Waals surface area contributed by atoms with Crippen LogP contribution in [0.2, 0.25) is 0 Å². The molecule has 1 aliphatic rings.